The Kier molecular flexibility index (Phi) is 6.10. The van der Waals surface area contributed by atoms with Crippen molar-refractivity contribution in [3.63, 3.8) is 0 Å². The minimum Gasteiger partial charge on any atom is -0.465 e. The van der Waals surface area contributed by atoms with Gasteiger partial charge in [0.15, 0.2) is 11.0 Å². The smallest absolute Gasteiger partial charge is 0.327 e. The first kappa shape index (κ1) is 17.7. The van der Waals surface area contributed by atoms with Gasteiger partial charge in [-0.25, -0.2) is 4.98 Å². The Labute approximate surface area is 144 Å². The molecule has 1 unspecified atom stereocenters. The van der Waals surface area contributed by atoms with Crippen LogP contribution in [0.2, 0.25) is 0 Å². The molecular formula is C18H16N2O3S. The number of carbonyl (C=O) groups excluding carboxylic acids is 2. The number of hydrogen-bond donors (Lipinski definition) is 0. The molecule has 0 aliphatic heterocycles. The van der Waals surface area contributed by atoms with Crippen LogP contribution in [0.3, 0.4) is 0 Å². The molecule has 0 aliphatic carbocycles. The summed E-state index contributed by atoms with van der Waals surface area (Å²) in [6.45, 7) is 3.18. The molecule has 24 heavy (non-hydrogen) atoms. The van der Waals surface area contributed by atoms with Gasteiger partial charge in [0, 0.05) is 5.56 Å². The lowest BCUT2D eigenvalue weighted by Crippen LogP contribution is -2.27. The van der Waals surface area contributed by atoms with E-state index >= 15 is 0 Å². The van der Waals surface area contributed by atoms with Crippen LogP contribution in [0.25, 0.3) is 11.3 Å². The van der Waals surface area contributed by atoms with E-state index in [1.54, 1.807) is 19.1 Å². The zero-order valence-corrected chi connectivity index (χ0v) is 14.2. The van der Waals surface area contributed by atoms with Gasteiger partial charge in [-0.3, -0.25) is 9.59 Å². The molecule has 0 N–H and O–H groups in total. The molecule has 5 nitrogen and oxygen atoms in total. The van der Waals surface area contributed by atoms with E-state index < -0.39 is 11.2 Å². The fourth-order valence-corrected chi connectivity index (χ4v) is 2.96. The molecular weight excluding hydrogens is 324 g/mol. The van der Waals surface area contributed by atoms with E-state index in [-0.39, 0.29) is 12.4 Å². The van der Waals surface area contributed by atoms with Crippen LogP contribution in [0.5, 0.6) is 0 Å². The number of hydrogen-bond acceptors (Lipinski definition) is 6. The Morgan fingerprint density at radius 3 is 2.54 bits per heavy atom. The number of ketones is 1. The number of nitrogens with zero attached hydrogens (tertiary/aromatic N) is 2. The van der Waals surface area contributed by atoms with Crippen molar-refractivity contribution < 1.29 is 14.3 Å². The summed E-state index contributed by atoms with van der Waals surface area (Å²) in [7, 11) is 0. The van der Waals surface area contributed by atoms with E-state index in [0.717, 1.165) is 17.3 Å². The molecule has 0 amide bonds. The zero-order valence-electron chi connectivity index (χ0n) is 13.4. The number of esters is 1. The maximum Gasteiger partial charge on any atom is 0.327 e. The molecule has 2 aromatic rings. The van der Waals surface area contributed by atoms with Gasteiger partial charge < -0.3 is 4.74 Å². The topological polar surface area (TPSA) is 80.0 Å². The molecule has 0 radical (unpaired) electrons. The largest absolute Gasteiger partial charge is 0.465 e. The quantitative estimate of drug-likeness (QED) is 0.456. The van der Waals surface area contributed by atoms with Crippen molar-refractivity contribution in [2.24, 2.45) is 0 Å². The standard InChI is InChI=1S/C18H16N2O3S/c1-3-23-18(22)16(12(2)21)24-17-14(11-19)9-10-15(20-17)13-7-5-4-6-8-13/h4-10,16H,3H2,1-2H3. The molecule has 122 valence electrons. The zero-order chi connectivity index (χ0) is 17.5. The van der Waals surface area contributed by atoms with E-state index in [0.29, 0.717) is 16.3 Å². The molecule has 0 saturated carbocycles. The number of benzene rings is 1. The van der Waals surface area contributed by atoms with E-state index in [9.17, 15) is 14.9 Å². The molecule has 0 fully saturated rings. The molecule has 0 aliphatic rings. The lowest BCUT2D eigenvalue weighted by Gasteiger charge is -2.13. The minimum absolute atomic E-state index is 0.186. The third-order valence-electron chi connectivity index (χ3n) is 3.15. The maximum absolute atomic E-state index is 12.0. The van der Waals surface area contributed by atoms with Crippen molar-refractivity contribution in [3.05, 3.63) is 48.0 Å². The molecule has 2 rings (SSSR count). The van der Waals surface area contributed by atoms with Crippen LogP contribution >= 0.6 is 11.8 Å². The van der Waals surface area contributed by atoms with Crippen molar-refractivity contribution >= 4 is 23.5 Å². The monoisotopic (exact) mass is 340 g/mol. The summed E-state index contributed by atoms with van der Waals surface area (Å²) in [5.74, 6) is -0.958. The normalized spacial score (nSPS) is 11.4. The molecule has 1 aromatic heterocycles. The van der Waals surface area contributed by atoms with Crippen LogP contribution in [0.15, 0.2) is 47.5 Å². The van der Waals surface area contributed by atoms with Gasteiger partial charge in [-0.05, 0) is 26.0 Å². The highest BCUT2D eigenvalue weighted by Crippen LogP contribution is 2.29. The summed E-state index contributed by atoms with van der Waals surface area (Å²) in [6.07, 6.45) is 0. The van der Waals surface area contributed by atoms with Crippen molar-refractivity contribution in [2.75, 3.05) is 6.61 Å². The summed E-state index contributed by atoms with van der Waals surface area (Å²) in [4.78, 5) is 28.2. The van der Waals surface area contributed by atoms with Gasteiger partial charge >= 0.3 is 5.97 Å². The van der Waals surface area contributed by atoms with Crippen LogP contribution < -0.4 is 0 Å². The summed E-state index contributed by atoms with van der Waals surface area (Å²) >= 11 is 0.947. The van der Waals surface area contributed by atoms with Crippen LogP contribution in [0, 0.1) is 11.3 Å². The number of carbonyl (C=O) groups is 2. The second-order valence-corrected chi connectivity index (χ2v) is 5.98. The second kappa shape index (κ2) is 8.27. The van der Waals surface area contributed by atoms with Crippen molar-refractivity contribution in [1.82, 2.24) is 4.98 Å². The fraction of sp³-hybridized carbons (Fsp3) is 0.222. The summed E-state index contributed by atoms with van der Waals surface area (Å²) in [6, 6.07) is 14.9. The number of aromatic nitrogens is 1. The average molecular weight is 340 g/mol. The summed E-state index contributed by atoms with van der Waals surface area (Å²) in [5.41, 5.74) is 1.87. The number of ether oxygens (including phenoxy) is 1. The first-order valence-corrected chi connectivity index (χ1v) is 8.25. The van der Waals surface area contributed by atoms with Gasteiger partial charge in [0.2, 0.25) is 0 Å². The van der Waals surface area contributed by atoms with E-state index in [2.05, 4.69) is 4.98 Å². The molecule has 6 heteroatoms. The average Bonchev–Trinajstić information content (AvgIpc) is 2.60. The van der Waals surface area contributed by atoms with Gasteiger partial charge in [0.05, 0.1) is 17.9 Å². The number of rotatable bonds is 6. The lowest BCUT2D eigenvalue weighted by atomic mass is 10.1. The SMILES string of the molecule is CCOC(=O)C(Sc1nc(-c2ccccc2)ccc1C#N)C(C)=O. The first-order valence-electron chi connectivity index (χ1n) is 7.37. The minimum atomic E-state index is -1.03. The summed E-state index contributed by atoms with van der Waals surface area (Å²) in [5, 5.41) is 8.58. The lowest BCUT2D eigenvalue weighted by molar-refractivity contribution is -0.144. The van der Waals surface area contributed by atoms with Crippen LogP contribution in [-0.2, 0) is 14.3 Å². The van der Waals surface area contributed by atoms with Gasteiger partial charge in [-0.2, -0.15) is 5.26 Å². The Balaban J connectivity index is 2.39. The Bertz CT molecular complexity index is 785. The molecule has 1 aromatic carbocycles. The predicted octanol–water partition coefficient (Wildman–Crippen LogP) is 3.23. The third-order valence-corrected chi connectivity index (χ3v) is 4.44. The molecule has 0 bridgehead atoms. The highest BCUT2D eigenvalue weighted by molar-refractivity contribution is 8.01. The van der Waals surface area contributed by atoms with Gasteiger partial charge in [-0.15, -0.1) is 0 Å². The molecule has 0 spiro atoms. The predicted molar refractivity (Wildman–Crippen MR) is 91.3 cm³/mol. The van der Waals surface area contributed by atoms with Crippen molar-refractivity contribution in [2.45, 2.75) is 24.1 Å². The van der Waals surface area contributed by atoms with E-state index in [1.807, 2.05) is 36.4 Å². The van der Waals surface area contributed by atoms with Gasteiger partial charge in [-0.1, -0.05) is 42.1 Å². The van der Waals surface area contributed by atoms with E-state index in [1.165, 1.54) is 6.92 Å². The number of Topliss-reactive ketones (excluding diaryl/α,β-unsaturated/α-hetero) is 1. The second-order valence-electron chi connectivity index (χ2n) is 4.89. The van der Waals surface area contributed by atoms with Crippen LogP contribution in [-0.4, -0.2) is 28.6 Å². The van der Waals surface area contributed by atoms with Gasteiger partial charge in [0.1, 0.15) is 11.1 Å². The van der Waals surface area contributed by atoms with Crippen LogP contribution in [0.1, 0.15) is 19.4 Å². The molecule has 1 atom stereocenters. The highest BCUT2D eigenvalue weighted by atomic mass is 32.2. The third kappa shape index (κ3) is 4.21. The highest BCUT2D eigenvalue weighted by Gasteiger charge is 2.28. The van der Waals surface area contributed by atoms with Gasteiger partial charge in [0.25, 0.3) is 0 Å². The molecule has 1 heterocycles. The Morgan fingerprint density at radius 2 is 1.96 bits per heavy atom. The Morgan fingerprint density at radius 1 is 1.25 bits per heavy atom. The first-order chi connectivity index (χ1) is 11.6. The van der Waals surface area contributed by atoms with Crippen molar-refractivity contribution in [1.29, 1.82) is 5.26 Å². The van der Waals surface area contributed by atoms with Crippen LogP contribution in [0.4, 0.5) is 0 Å². The number of nitriles is 1. The Hall–Kier alpha value is -2.65. The number of thioether (sulfide) groups is 1. The fourth-order valence-electron chi connectivity index (χ4n) is 2.01. The van der Waals surface area contributed by atoms with Crippen molar-refractivity contribution in [3.8, 4) is 17.3 Å². The summed E-state index contributed by atoms with van der Waals surface area (Å²) < 4.78 is 4.93. The van der Waals surface area contributed by atoms with E-state index in [4.69, 9.17) is 4.74 Å². The maximum atomic E-state index is 12.0. The number of pyridine rings is 1. The molecule has 0 saturated heterocycles.